The first kappa shape index (κ1) is 15.1. The molecule has 0 unspecified atom stereocenters. The summed E-state index contributed by atoms with van der Waals surface area (Å²) in [7, 11) is 0. The number of nitrogens with one attached hydrogen (secondary N) is 1. The van der Waals surface area contributed by atoms with Gasteiger partial charge in [0.2, 0.25) is 5.91 Å². The zero-order chi connectivity index (χ0) is 14.4. The Kier molecular flexibility index (Phi) is 5.61. The second-order valence-corrected chi connectivity index (χ2v) is 5.07. The molecule has 0 spiro atoms. The van der Waals surface area contributed by atoms with Crippen LogP contribution in [0.3, 0.4) is 0 Å². The van der Waals surface area contributed by atoms with Crippen LogP contribution in [0.1, 0.15) is 37.8 Å². The first-order valence-electron chi connectivity index (χ1n) is 7.41. The fraction of sp³-hybridized carbons (Fsp3) is 0.667. The third-order valence-corrected chi connectivity index (χ3v) is 3.52. The van der Waals surface area contributed by atoms with E-state index < -0.39 is 0 Å². The van der Waals surface area contributed by atoms with Crippen molar-refractivity contribution in [3.63, 3.8) is 0 Å². The number of amides is 1. The lowest BCUT2D eigenvalue weighted by Gasteiger charge is -2.33. The molecule has 1 fully saturated rings. The van der Waals surface area contributed by atoms with Crippen LogP contribution in [0.5, 0.6) is 0 Å². The van der Waals surface area contributed by atoms with Gasteiger partial charge in [-0.05, 0) is 18.6 Å². The van der Waals surface area contributed by atoms with Crippen LogP contribution < -0.4 is 5.32 Å². The molecule has 1 saturated heterocycles. The van der Waals surface area contributed by atoms with E-state index in [2.05, 4.69) is 17.1 Å². The summed E-state index contributed by atoms with van der Waals surface area (Å²) in [6.45, 7) is 7.25. The molecule has 0 radical (unpaired) electrons. The molecule has 1 atom stereocenters. The molecule has 2 heterocycles. The molecular weight excluding hydrogens is 256 g/mol. The first-order valence-corrected chi connectivity index (χ1v) is 7.41. The van der Waals surface area contributed by atoms with Crippen molar-refractivity contribution in [1.29, 1.82) is 0 Å². The Morgan fingerprint density at radius 3 is 3.00 bits per heavy atom. The summed E-state index contributed by atoms with van der Waals surface area (Å²) < 4.78 is 11.4. The highest BCUT2D eigenvalue weighted by atomic mass is 16.5. The van der Waals surface area contributed by atoms with E-state index in [1.165, 1.54) is 0 Å². The van der Waals surface area contributed by atoms with Gasteiger partial charge in [-0.2, -0.15) is 0 Å². The predicted octanol–water partition coefficient (Wildman–Crippen LogP) is 1.74. The van der Waals surface area contributed by atoms with Crippen LogP contribution >= 0.6 is 0 Å². The molecule has 0 aliphatic carbocycles. The largest absolute Gasteiger partial charge is 0.464 e. The molecular formula is C15H24N2O3. The second-order valence-electron chi connectivity index (χ2n) is 5.07. The van der Waals surface area contributed by atoms with Gasteiger partial charge in [-0.1, -0.05) is 13.8 Å². The van der Waals surface area contributed by atoms with Gasteiger partial charge in [0.25, 0.3) is 0 Å². The summed E-state index contributed by atoms with van der Waals surface area (Å²) >= 11 is 0. The van der Waals surface area contributed by atoms with Crippen LogP contribution in [-0.4, -0.2) is 43.7 Å². The number of carbonyl (C=O) groups is 1. The van der Waals surface area contributed by atoms with E-state index in [-0.39, 0.29) is 11.9 Å². The molecule has 1 amide bonds. The highest BCUT2D eigenvalue weighted by molar-refractivity contribution is 5.78. The Morgan fingerprint density at radius 1 is 1.45 bits per heavy atom. The molecule has 1 aromatic rings. The maximum absolute atomic E-state index is 11.9. The van der Waals surface area contributed by atoms with Crippen molar-refractivity contribution in [2.45, 2.75) is 32.7 Å². The van der Waals surface area contributed by atoms with Crippen molar-refractivity contribution < 1.29 is 13.9 Å². The average molecular weight is 280 g/mol. The summed E-state index contributed by atoms with van der Waals surface area (Å²) in [5, 5.41) is 2.92. The minimum atomic E-state index is 0.0384. The van der Waals surface area contributed by atoms with Crippen LogP contribution in [0.4, 0.5) is 0 Å². The normalized spacial score (nSPS) is 20.0. The number of nitrogens with zero attached hydrogens (tertiary/aromatic N) is 1. The van der Waals surface area contributed by atoms with Gasteiger partial charge < -0.3 is 14.5 Å². The fourth-order valence-corrected chi connectivity index (χ4v) is 2.36. The number of morpholine rings is 1. The van der Waals surface area contributed by atoms with Gasteiger partial charge in [-0.25, -0.2) is 0 Å². The summed E-state index contributed by atoms with van der Waals surface area (Å²) in [5.74, 6) is 1.94. The van der Waals surface area contributed by atoms with Crippen molar-refractivity contribution in [1.82, 2.24) is 10.2 Å². The van der Waals surface area contributed by atoms with E-state index in [0.29, 0.717) is 19.8 Å². The lowest BCUT2D eigenvalue weighted by Crippen LogP contribution is -2.45. The van der Waals surface area contributed by atoms with E-state index in [1.54, 1.807) is 0 Å². The second kappa shape index (κ2) is 7.45. The SMILES string of the molecule is CCCNC(=O)CN1CCOC[C@@H]1c1ccc(CC)o1. The number of carbonyl (C=O) groups excluding carboxylic acids is 1. The summed E-state index contributed by atoms with van der Waals surface area (Å²) in [6.07, 6.45) is 1.83. The van der Waals surface area contributed by atoms with Crippen LogP contribution in [0, 0.1) is 0 Å². The number of hydrogen-bond donors (Lipinski definition) is 1. The number of ether oxygens (including phenoxy) is 1. The summed E-state index contributed by atoms with van der Waals surface area (Å²) in [4.78, 5) is 14.0. The number of furan rings is 1. The average Bonchev–Trinajstić information content (AvgIpc) is 2.94. The first-order chi connectivity index (χ1) is 9.74. The highest BCUT2D eigenvalue weighted by Gasteiger charge is 2.28. The van der Waals surface area contributed by atoms with Crippen molar-refractivity contribution in [2.75, 3.05) is 32.8 Å². The molecule has 0 bridgehead atoms. The molecule has 0 aromatic carbocycles. The molecule has 5 nitrogen and oxygen atoms in total. The van der Waals surface area contributed by atoms with Crippen LogP contribution in [-0.2, 0) is 16.0 Å². The van der Waals surface area contributed by atoms with Gasteiger partial charge in [-0.15, -0.1) is 0 Å². The van der Waals surface area contributed by atoms with Gasteiger partial charge >= 0.3 is 0 Å². The molecule has 20 heavy (non-hydrogen) atoms. The Bertz CT molecular complexity index is 431. The zero-order valence-corrected chi connectivity index (χ0v) is 12.4. The van der Waals surface area contributed by atoms with Gasteiger partial charge in [-0.3, -0.25) is 9.69 Å². The van der Waals surface area contributed by atoms with E-state index >= 15 is 0 Å². The molecule has 5 heteroatoms. The third kappa shape index (κ3) is 3.84. The Morgan fingerprint density at radius 2 is 2.30 bits per heavy atom. The maximum Gasteiger partial charge on any atom is 0.234 e. The van der Waals surface area contributed by atoms with Crippen molar-refractivity contribution in [2.24, 2.45) is 0 Å². The molecule has 2 rings (SSSR count). The fourth-order valence-electron chi connectivity index (χ4n) is 2.36. The molecule has 1 aromatic heterocycles. The molecule has 1 aliphatic heterocycles. The Balaban J connectivity index is 1.99. The molecule has 1 aliphatic rings. The topological polar surface area (TPSA) is 54.7 Å². The van der Waals surface area contributed by atoms with Crippen molar-refractivity contribution in [3.8, 4) is 0 Å². The third-order valence-electron chi connectivity index (χ3n) is 3.52. The van der Waals surface area contributed by atoms with Crippen LogP contribution in [0.25, 0.3) is 0 Å². The minimum Gasteiger partial charge on any atom is -0.464 e. The summed E-state index contributed by atoms with van der Waals surface area (Å²) in [5.41, 5.74) is 0. The number of hydrogen-bond acceptors (Lipinski definition) is 4. The Labute approximate surface area is 120 Å². The number of aryl methyl sites for hydroxylation is 1. The lowest BCUT2D eigenvalue weighted by atomic mass is 10.1. The predicted molar refractivity (Wildman–Crippen MR) is 76.5 cm³/mol. The maximum atomic E-state index is 11.9. The van der Waals surface area contributed by atoms with Gasteiger partial charge in [0.15, 0.2) is 0 Å². The van der Waals surface area contributed by atoms with Gasteiger partial charge in [0.05, 0.1) is 25.8 Å². The van der Waals surface area contributed by atoms with E-state index in [9.17, 15) is 4.79 Å². The van der Waals surface area contributed by atoms with E-state index in [0.717, 1.165) is 37.5 Å². The smallest absolute Gasteiger partial charge is 0.234 e. The number of rotatable bonds is 6. The minimum absolute atomic E-state index is 0.0384. The Hall–Kier alpha value is -1.33. The lowest BCUT2D eigenvalue weighted by molar-refractivity contribution is -0.124. The molecule has 0 saturated carbocycles. The van der Waals surface area contributed by atoms with Gasteiger partial charge in [0.1, 0.15) is 11.5 Å². The van der Waals surface area contributed by atoms with E-state index in [1.807, 2.05) is 19.1 Å². The van der Waals surface area contributed by atoms with Crippen LogP contribution in [0.2, 0.25) is 0 Å². The van der Waals surface area contributed by atoms with Gasteiger partial charge in [0, 0.05) is 19.5 Å². The van der Waals surface area contributed by atoms with Crippen molar-refractivity contribution in [3.05, 3.63) is 23.7 Å². The van der Waals surface area contributed by atoms with Crippen LogP contribution in [0.15, 0.2) is 16.5 Å². The molecule has 112 valence electrons. The zero-order valence-electron chi connectivity index (χ0n) is 12.4. The highest BCUT2D eigenvalue weighted by Crippen LogP contribution is 2.25. The standard InChI is InChI=1S/C15H24N2O3/c1-3-7-16-15(18)10-17-8-9-19-11-13(17)14-6-5-12(4-2)20-14/h5-6,13H,3-4,7-11H2,1-2H3,(H,16,18)/t13-/m1/s1. The monoisotopic (exact) mass is 280 g/mol. The van der Waals surface area contributed by atoms with E-state index in [4.69, 9.17) is 9.15 Å². The molecule has 1 N–H and O–H groups in total. The van der Waals surface area contributed by atoms with Crippen molar-refractivity contribution >= 4 is 5.91 Å². The quantitative estimate of drug-likeness (QED) is 0.862. The summed E-state index contributed by atoms with van der Waals surface area (Å²) in [6, 6.07) is 4.03.